The minimum atomic E-state index is -0.605. The van der Waals surface area contributed by atoms with Crippen LogP contribution in [0.25, 0.3) is 0 Å². The zero-order valence-electron chi connectivity index (χ0n) is 12.3. The van der Waals surface area contributed by atoms with E-state index in [1.165, 1.54) is 12.1 Å². The largest absolute Gasteiger partial charge is 0.379 e. The van der Waals surface area contributed by atoms with Crippen molar-refractivity contribution in [2.24, 2.45) is 0 Å². The lowest BCUT2D eigenvalue weighted by Gasteiger charge is -2.28. The number of hydrogen-bond acceptors (Lipinski definition) is 6. The molecule has 3 rings (SSSR count). The molecule has 1 aromatic rings. The van der Waals surface area contributed by atoms with Crippen molar-refractivity contribution in [1.82, 2.24) is 5.32 Å². The van der Waals surface area contributed by atoms with Gasteiger partial charge in [0.1, 0.15) is 0 Å². The molecule has 22 heavy (non-hydrogen) atoms. The van der Waals surface area contributed by atoms with Gasteiger partial charge in [0, 0.05) is 32.2 Å². The zero-order valence-corrected chi connectivity index (χ0v) is 12.3. The quantitative estimate of drug-likeness (QED) is 0.652. The molecule has 0 bridgehead atoms. The van der Waals surface area contributed by atoms with Gasteiger partial charge in [-0.2, -0.15) is 0 Å². The molecule has 0 radical (unpaired) electrons. The van der Waals surface area contributed by atoms with E-state index in [0.717, 1.165) is 32.4 Å². The summed E-state index contributed by atoms with van der Waals surface area (Å²) in [7, 11) is 0. The maximum Gasteiger partial charge on any atom is 0.272 e. The highest BCUT2D eigenvalue weighted by molar-refractivity contribution is 5.52. The van der Waals surface area contributed by atoms with Gasteiger partial charge < -0.3 is 19.7 Å². The Morgan fingerprint density at radius 3 is 2.23 bits per heavy atom. The van der Waals surface area contributed by atoms with E-state index >= 15 is 0 Å². The van der Waals surface area contributed by atoms with Crippen LogP contribution in [0, 0.1) is 15.9 Å². The van der Waals surface area contributed by atoms with Gasteiger partial charge in [-0.3, -0.25) is 10.1 Å². The third-order valence-electron chi connectivity index (χ3n) is 3.34. The molecular weight excluding hydrogens is 293 g/mol. The Morgan fingerprint density at radius 2 is 1.77 bits per heavy atom. The lowest BCUT2D eigenvalue weighted by molar-refractivity contribution is -0.385. The Morgan fingerprint density at radius 1 is 1.14 bits per heavy atom. The summed E-state index contributed by atoms with van der Waals surface area (Å²) in [4.78, 5) is 11.7. The second kappa shape index (κ2) is 8.62. The molecule has 8 heteroatoms. The summed E-state index contributed by atoms with van der Waals surface area (Å²) in [5, 5.41) is 13.6. The summed E-state index contributed by atoms with van der Waals surface area (Å²) < 4.78 is 23.8. The van der Waals surface area contributed by atoms with Crippen molar-refractivity contribution < 1.29 is 18.8 Å². The van der Waals surface area contributed by atoms with Gasteiger partial charge in [-0.05, 0) is 6.07 Å². The SMILES string of the molecule is C1COCCN1.O=[N+]([O-])c1ccc(N2CCOCC2)c(F)c1. The number of nitro benzene ring substituents is 1. The molecule has 2 fully saturated rings. The number of nitrogens with zero attached hydrogens (tertiary/aromatic N) is 2. The van der Waals surface area contributed by atoms with E-state index in [9.17, 15) is 14.5 Å². The Bertz CT molecular complexity index is 479. The number of rotatable bonds is 2. The van der Waals surface area contributed by atoms with Crippen LogP contribution in [0.3, 0.4) is 0 Å². The molecular formula is C14H20FN3O4. The van der Waals surface area contributed by atoms with E-state index in [1.807, 2.05) is 4.90 Å². The van der Waals surface area contributed by atoms with E-state index in [0.29, 0.717) is 32.0 Å². The molecule has 2 saturated heterocycles. The monoisotopic (exact) mass is 313 g/mol. The van der Waals surface area contributed by atoms with Gasteiger partial charge in [0.05, 0.1) is 43.1 Å². The number of nitro groups is 1. The van der Waals surface area contributed by atoms with E-state index < -0.39 is 10.7 Å². The lowest BCUT2D eigenvalue weighted by Crippen LogP contribution is -2.36. The molecule has 1 N–H and O–H groups in total. The van der Waals surface area contributed by atoms with Gasteiger partial charge in [-0.1, -0.05) is 0 Å². The first-order valence-corrected chi connectivity index (χ1v) is 7.23. The van der Waals surface area contributed by atoms with Crippen LogP contribution in [0.15, 0.2) is 18.2 Å². The van der Waals surface area contributed by atoms with Crippen molar-refractivity contribution in [3.63, 3.8) is 0 Å². The van der Waals surface area contributed by atoms with Crippen LogP contribution in [0.2, 0.25) is 0 Å². The number of non-ortho nitro benzene ring substituents is 1. The molecule has 0 amide bonds. The highest BCUT2D eigenvalue weighted by Gasteiger charge is 2.17. The zero-order chi connectivity index (χ0) is 15.8. The molecule has 0 atom stereocenters. The number of benzene rings is 1. The molecule has 0 saturated carbocycles. The number of nitrogens with one attached hydrogen (secondary N) is 1. The second-order valence-electron chi connectivity index (χ2n) is 4.85. The Kier molecular flexibility index (Phi) is 6.50. The minimum Gasteiger partial charge on any atom is -0.379 e. The predicted octanol–water partition coefficient (Wildman–Crippen LogP) is 1.18. The average Bonchev–Trinajstić information content (AvgIpc) is 2.57. The number of hydrogen-bond donors (Lipinski definition) is 1. The van der Waals surface area contributed by atoms with Crippen molar-refractivity contribution in [3.05, 3.63) is 34.1 Å². The van der Waals surface area contributed by atoms with Gasteiger partial charge in [0.15, 0.2) is 5.82 Å². The third-order valence-corrected chi connectivity index (χ3v) is 3.34. The smallest absolute Gasteiger partial charge is 0.272 e. The highest BCUT2D eigenvalue weighted by Crippen LogP contribution is 2.24. The Labute approximate surface area is 128 Å². The molecule has 0 spiro atoms. The molecule has 2 aliphatic heterocycles. The van der Waals surface area contributed by atoms with Crippen LogP contribution in [0.1, 0.15) is 0 Å². The average molecular weight is 313 g/mol. The molecule has 0 aromatic heterocycles. The first-order valence-electron chi connectivity index (χ1n) is 7.23. The van der Waals surface area contributed by atoms with E-state index in [-0.39, 0.29) is 5.69 Å². The highest BCUT2D eigenvalue weighted by atomic mass is 19.1. The molecule has 0 unspecified atom stereocenters. The van der Waals surface area contributed by atoms with Crippen molar-refractivity contribution in [2.45, 2.75) is 0 Å². The normalized spacial score (nSPS) is 18.3. The lowest BCUT2D eigenvalue weighted by atomic mass is 10.2. The fraction of sp³-hybridized carbons (Fsp3) is 0.571. The molecule has 0 aliphatic carbocycles. The van der Waals surface area contributed by atoms with Crippen LogP contribution >= 0.6 is 0 Å². The summed E-state index contributed by atoms with van der Waals surface area (Å²) in [6.07, 6.45) is 0. The van der Waals surface area contributed by atoms with Gasteiger partial charge in [-0.25, -0.2) is 4.39 Å². The van der Waals surface area contributed by atoms with Gasteiger partial charge >= 0.3 is 0 Å². The first-order chi connectivity index (χ1) is 10.7. The second-order valence-corrected chi connectivity index (χ2v) is 4.85. The van der Waals surface area contributed by atoms with Gasteiger partial charge in [-0.15, -0.1) is 0 Å². The summed E-state index contributed by atoms with van der Waals surface area (Å²) in [6.45, 7) is 6.15. The first kappa shape index (κ1) is 16.6. The Hall–Kier alpha value is -1.77. The summed E-state index contributed by atoms with van der Waals surface area (Å²) in [5.41, 5.74) is 0.170. The van der Waals surface area contributed by atoms with Gasteiger partial charge in [0.2, 0.25) is 0 Å². The molecule has 7 nitrogen and oxygen atoms in total. The van der Waals surface area contributed by atoms with E-state index in [1.54, 1.807) is 0 Å². The maximum atomic E-state index is 13.6. The number of morpholine rings is 2. The van der Waals surface area contributed by atoms with Gasteiger partial charge in [0.25, 0.3) is 5.69 Å². The van der Waals surface area contributed by atoms with E-state index in [2.05, 4.69) is 5.32 Å². The van der Waals surface area contributed by atoms with Crippen molar-refractivity contribution in [3.8, 4) is 0 Å². The van der Waals surface area contributed by atoms with E-state index in [4.69, 9.17) is 9.47 Å². The van der Waals surface area contributed by atoms with Crippen LogP contribution in [-0.2, 0) is 9.47 Å². The van der Waals surface area contributed by atoms with Crippen molar-refractivity contribution in [2.75, 3.05) is 57.5 Å². The summed E-state index contributed by atoms with van der Waals surface area (Å²) in [6, 6.07) is 3.71. The summed E-state index contributed by atoms with van der Waals surface area (Å²) >= 11 is 0. The number of ether oxygens (including phenoxy) is 2. The number of anilines is 1. The van der Waals surface area contributed by atoms with Crippen LogP contribution in [0.4, 0.5) is 15.8 Å². The topological polar surface area (TPSA) is 76.9 Å². The fourth-order valence-corrected chi connectivity index (χ4v) is 2.19. The molecule has 2 heterocycles. The Balaban J connectivity index is 0.000000246. The van der Waals surface area contributed by atoms with Crippen LogP contribution < -0.4 is 10.2 Å². The predicted molar refractivity (Wildman–Crippen MR) is 79.8 cm³/mol. The van der Waals surface area contributed by atoms with Crippen LogP contribution in [-0.4, -0.2) is 57.5 Å². The van der Waals surface area contributed by atoms with Crippen molar-refractivity contribution in [1.29, 1.82) is 0 Å². The summed E-state index contributed by atoms with van der Waals surface area (Å²) in [5.74, 6) is -0.559. The number of halogens is 1. The maximum absolute atomic E-state index is 13.6. The third kappa shape index (κ3) is 4.90. The molecule has 1 aromatic carbocycles. The minimum absolute atomic E-state index is 0.227. The fourth-order valence-electron chi connectivity index (χ4n) is 2.19. The molecule has 122 valence electrons. The van der Waals surface area contributed by atoms with Crippen molar-refractivity contribution >= 4 is 11.4 Å². The standard InChI is InChI=1S/C10H11FN2O3.C4H9NO/c11-9-7-8(13(14)15)1-2-10(9)12-3-5-16-6-4-12;1-3-6-4-2-5-1/h1-2,7H,3-6H2;5H,1-4H2. The van der Waals surface area contributed by atoms with Crippen LogP contribution in [0.5, 0.6) is 0 Å². The molecule has 2 aliphatic rings.